The highest BCUT2D eigenvalue weighted by molar-refractivity contribution is 5.92. The summed E-state index contributed by atoms with van der Waals surface area (Å²) >= 11 is 0. The molecule has 0 aliphatic rings. The van der Waals surface area contributed by atoms with E-state index >= 15 is 0 Å². The fraction of sp³-hybridized carbons (Fsp3) is 0.0270. The second-order valence-electron chi connectivity index (χ2n) is 9.16. The Bertz CT molecular complexity index is 1430. The Balaban J connectivity index is 1.65. The van der Waals surface area contributed by atoms with Crippen LogP contribution in [0.2, 0.25) is 0 Å². The molecule has 0 amide bonds. The number of benzene rings is 4. The molecule has 0 atom stereocenters. The predicted octanol–water partition coefficient (Wildman–Crippen LogP) is 6.62. The van der Waals surface area contributed by atoms with Gasteiger partial charge in [0.1, 0.15) is 0 Å². The largest absolute Gasteiger partial charge is 0.620 e. The molecule has 0 aliphatic heterocycles. The number of esters is 4. The molecule has 0 saturated heterocycles. The summed E-state index contributed by atoms with van der Waals surface area (Å²) in [7, 11) is 0. The highest BCUT2D eigenvalue weighted by Crippen LogP contribution is 2.22. The summed E-state index contributed by atoms with van der Waals surface area (Å²) < 4.78 is 21.1. The lowest BCUT2D eigenvalue weighted by Crippen LogP contribution is -2.47. The first-order valence-corrected chi connectivity index (χ1v) is 13.7. The summed E-state index contributed by atoms with van der Waals surface area (Å²) in [6, 6.07) is 35.1. The van der Waals surface area contributed by atoms with Gasteiger partial charge in [0.25, 0.3) is 0 Å². The Hall–Kier alpha value is -6.28. The van der Waals surface area contributed by atoms with Crippen LogP contribution in [0, 0.1) is 0 Å². The van der Waals surface area contributed by atoms with Crippen LogP contribution in [0.25, 0.3) is 24.3 Å². The van der Waals surface area contributed by atoms with Gasteiger partial charge in [-0.25, -0.2) is 19.2 Å². The topological polar surface area (TPSA) is 105 Å². The third-order valence-corrected chi connectivity index (χ3v) is 5.75. The molecule has 224 valence electrons. The Morgan fingerprint density at radius 3 is 0.756 bits per heavy atom. The van der Waals surface area contributed by atoms with Gasteiger partial charge in [-0.2, -0.15) is 0 Å². The van der Waals surface area contributed by atoms with E-state index in [-0.39, 0.29) is 0 Å². The molecule has 0 radical (unpaired) electrons. The molecule has 0 fully saturated rings. The van der Waals surface area contributed by atoms with E-state index in [0.717, 1.165) is 24.3 Å². The summed E-state index contributed by atoms with van der Waals surface area (Å²) in [5.74, 6) is -4.56. The van der Waals surface area contributed by atoms with Gasteiger partial charge in [-0.1, -0.05) is 121 Å². The van der Waals surface area contributed by atoms with E-state index in [0.29, 0.717) is 22.3 Å². The van der Waals surface area contributed by atoms with E-state index in [2.05, 4.69) is 0 Å². The molecular formula is C37H28O8. The van der Waals surface area contributed by atoms with E-state index in [1.165, 1.54) is 24.3 Å². The summed E-state index contributed by atoms with van der Waals surface area (Å²) in [6.07, 6.45) is 6.43. The first kappa shape index (κ1) is 31.7. The first-order chi connectivity index (χ1) is 21.9. The molecular weight excluding hydrogens is 572 g/mol. The molecule has 0 spiro atoms. The van der Waals surface area contributed by atoms with E-state index < -0.39 is 30.0 Å². The van der Waals surface area contributed by atoms with Gasteiger partial charge in [-0.15, -0.1) is 0 Å². The lowest BCUT2D eigenvalue weighted by molar-refractivity contribution is -0.427. The van der Waals surface area contributed by atoms with Crippen molar-refractivity contribution in [3.8, 4) is 0 Å². The van der Waals surface area contributed by atoms with Crippen molar-refractivity contribution in [2.45, 2.75) is 6.16 Å². The molecule has 0 saturated carbocycles. The van der Waals surface area contributed by atoms with Crippen LogP contribution in [0.15, 0.2) is 146 Å². The van der Waals surface area contributed by atoms with Gasteiger partial charge in [-0.05, 0) is 46.6 Å². The van der Waals surface area contributed by atoms with E-state index in [1.54, 1.807) is 121 Å². The van der Waals surface area contributed by atoms with Crippen molar-refractivity contribution < 1.29 is 38.1 Å². The molecule has 8 nitrogen and oxygen atoms in total. The maximum absolute atomic E-state index is 13.0. The maximum atomic E-state index is 13.0. The zero-order valence-corrected chi connectivity index (χ0v) is 23.9. The van der Waals surface area contributed by atoms with Crippen LogP contribution >= 0.6 is 0 Å². The van der Waals surface area contributed by atoms with Crippen molar-refractivity contribution in [3.05, 3.63) is 168 Å². The third kappa shape index (κ3) is 11.1. The summed E-state index contributed by atoms with van der Waals surface area (Å²) in [4.78, 5) is 51.9. The lowest BCUT2D eigenvalue weighted by atomic mass is 10.2. The SMILES string of the molecule is O=C(C=Cc1ccccc1)OC(OC(=O)C=Cc1ccccc1)(OC(=O)C=Cc1ccccc1)OC(=O)C=Cc1ccccc1. The predicted molar refractivity (Wildman–Crippen MR) is 169 cm³/mol. The lowest BCUT2D eigenvalue weighted by Gasteiger charge is -2.27. The maximum Gasteiger partial charge on any atom is 0.620 e. The van der Waals surface area contributed by atoms with Crippen LogP contribution in [-0.4, -0.2) is 30.0 Å². The van der Waals surface area contributed by atoms with Gasteiger partial charge < -0.3 is 18.9 Å². The standard InChI is InChI=1S/C37H28O8/c38-33(25-21-29-13-5-1-6-14-29)42-37(43-34(39)26-22-30-15-7-2-8-16-30,44-35(40)27-23-31-17-9-3-10-18-31)45-36(41)28-24-32-19-11-4-12-20-32/h1-28H. The molecule has 4 aromatic rings. The molecule has 0 heterocycles. The highest BCUT2D eigenvalue weighted by atomic mass is 17.0. The van der Waals surface area contributed by atoms with Gasteiger partial charge in [0, 0.05) is 24.3 Å². The molecule has 45 heavy (non-hydrogen) atoms. The summed E-state index contributed by atoms with van der Waals surface area (Å²) in [5.41, 5.74) is 2.59. The average molecular weight is 601 g/mol. The molecule has 0 N–H and O–H groups in total. The molecule has 0 aromatic heterocycles. The number of carbonyl (C=O) groups is 4. The van der Waals surface area contributed by atoms with Crippen molar-refractivity contribution in [3.63, 3.8) is 0 Å². The fourth-order valence-corrected chi connectivity index (χ4v) is 3.67. The second-order valence-corrected chi connectivity index (χ2v) is 9.16. The van der Waals surface area contributed by atoms with Crippen LogP contribution in [-0.2, 0) is 38.1 Å². The van der Waals surface area contributed by atoms with Gasteiger partial charge >= 0.3 is 30.0 Å². The molecule has 0 unspecified atom stereocenters. The zero-order valence-electron chi connectivity index (χ0n) is 23.9. The van der Waals surface area contributed by atoms with Gasteiger partial charge in [0.15, 0.2) is 0 Å². The number of hydrogen-bond acceptors (Lipinski definition) is 8. The number of carbonyl (C=O) groups excluding carboxylic acids is 4. The van der Waals surface area contributed by atoms with Crippen molar-refractivity contribution in [2.24, 2.45) is 0 Å². The first-order valence-electron chi connectivity index (χ1n) is 13.7. The Kier molecular flexibility index (Phi) is 11.5. The minimum absolute atomic E-state index is 0.647. The van der Waals surface area contributed by atoms with Crippen LogP contribution < -0.4 is 0 Å². The molecule has 0 aliphatic carbocycles. The van der Waals surface area contributed by atoms with Crippen molar-refractivity contribution in [1.29, 1.82) is 0 Å². The monoisotopic (exact) mass is 600 g/mol. The molecule has 4 rings (SSSR count). The van der Waals surface area contributed by atoms with Crippen LogP contribution in [0.5, 0.6) is 0 Å². The Morgan fingerprint density at radius 2 is 0.556 bits per heavy atom. The summed E-state index contributed by atoms with van der Waals surface area (Å²) in [5, 5.41) is 0. The smallest absolute Gasteiger partial charge is 0.349 e. The van der Waals surface area contributed by atoms with Crippen molar-refractivity contribution in [1.82, 2.24) is 0 Å². The minimum Gasteiger partial charge on any atom is -0.349 e. The number of hydrogen-bond donors (Lipinski definition) is 0. The van der Waals surface area contributed by atoms with E-state index in [1.807, 2.05) is 0 Å². The van der Waals surface area contributed by atoms with Gasteiger partial charge in [0.2, 0.25) is 0 Å². The minimum atomic E-state index is -3.23. The molecule has 4 aromatic carbocycles. The number of ether oxygens (including phenoxy) is 4. The van der Waals surface area contributed by atoms with Gasteiger partial charge in [-0.3, -0.25) is 0 Å². The third-order valence-electron chi connectivity index (χ3n) is 5.75. The van der Waals surface area contributed by atoms with E-state index in [9.17, 15) is 19.2 Å². The fourth-order valence-electron chi connectivity index (χ4n) is 3.67. The molecule has 8 heteroatoms. The summed E-state index contributed by atoms with van der Waals surface area (Å²) in [6.45, 7) is 0. The Morgan fingerprint density at radius 1 is 0.356 bits per heavy atom. The van der Waals surface area contributed by atoms with Crippen LogP contribution in [0.4, 0.5) is 0 Å². The van der Waals surface area contributed by atoms with Crippen molar-refractivity contribution >= 4 is 48.2 Å². The number of rotatable bonds is 12. The molecule has 0 bridgehead atoms. The second kappa shape index (κ2) is 16.4. The highest BCUT2D eigenvalue weighted by Gasteiger charge is 2.48. The van der Waals surface area contributed by atoms with Crippen molar-refractivity contribution in [2.75, 3.05) is 0 Å². The van der Waals surface area contributed by atoms with E-state index in [4.69, 9.17) is 18.9 Å². The zero-order chi connectivity index (χ0) is 31.7. The average Bonchev–Trinajstić information content (AvgIpc) is 3.06. The Labute approximate surface area is 260 Å². The van der Waals surface area contributed by atoms with Gasteiger partial charge in [0.05, 0.1) is 0 Å². The quantitative estimate of drug-likeness (QED) is 0.101. The van der Waals surface area contributed by atoms with Crippen LogP contribution in [0.1, 0.15) is 22.3 Å². The normalized spacial score (nSPS) is 12.6. The van der Waals surface area contributed by atoms with Crippen LogP contribution in [0.3, 0.4) is 0 Å².